The lowest BCUT2D eigenvalue weighted by Crippen LogP contribution is -2.39. The van der Waals surface area contributed by atoms with Gasteiger partial charge in [0.15, 0.2) is 0 Å². The molecule has 1 fully saturated rings. The van der Waals surface area contributed by atoms with Crippen molar-refractivity contribution in [3.63, 3.8) is 0 Å². The van der Waals surface area contributed by atoms with Crippen molar-refractivity contribution in [2.45, 2.75) is 58.9 Å². The number of hydrogen-bond acceptors (Lipinski definition) is 4. The standard InChI is InChI=1S/C17H27N3O2S/c1-4-15(21)18-9-14-11-23-17(19-14)13-6-5-7-20(10-13)16(22)8-12(2)3/h11-13H,4-10H2,1-3H3,(H,18,21). The fraction of sp³-hybridized carbons (Fsp3) is 0.706. The zero-order valence-electron chi connectivity index (χ0n) is 14.3. The molecule has 1 aromatic rings. The van der Waals surface area contributed by atoms with Gasteiger partial charge in [0.1, 0.15) is 0 Å². The number of hydrogen-bond donors (Lipinski definition) is 1. The SMILES string of the molecule is CCC(=O)NCc1csc(C2CCCN(C(=O)CC(C)C)C2)n1. The molecule has 0 radical (unpaired) electrons. The van der Waals surface area contributed by atoms with Gasteiger partial charge in [0.05, 0.1) is 17.2 Å². The monoisotopic (exact) mass is 337 g/mol. The van der Waals surface area contributed by atoms with Crippen LogP contribution < -0.4 is 5.32 Å². The van der Waals surface area contributed by atoms with Crippen molar-refractivity contribution in [2.24, 2.45) is 5.92 Å². The van der Waals surface area contributed by atoms with Crippen LogP contribution in [0.25, 0.3) is 0 Å². The molecule has 0 bridgehead atoms. The van der Waals surface area contributed by atoms with Crippen LogP contribution in [-0.4, -0.2) is 34.8 Å². The van der Waals surface area contributed by atoms with Gasteiger partial charge in [-0.1, -0.05) is 20.8 Å². The predicted octanol–water partition coefficient (Wildman–Crippen LogP) is 2.92. The third-order valence-corrected chi connectivity index (χ3v) is 5.12. The minimum Gasteiger partial charge on any atom is -0.350 e. The summed E-state index contributed by atoms with van der Waals surface area (Å²) in [6, 6.07) is 0. The Kier molecular flexibility index (Phi) is 6.57. The van der Waals surface area contributed by atoms with Crippen LogP contribution in [0.1, 0.15) is 63.1 Å². The van der Waals surface area contributed by atoms with E-state index < -0.39 is 0 Å². The van der Waals surface area contributed by atoms with Crippen molar-refractivity contribution in [1.82, 2.24) is 15.2 Å². The van der Waals surface area contributed by atoms with E-state index in [2.05, 4.69) is 24.1 Å². The van der Waals surface area contributed by atoms with Gasteiger partial charge in [-0.3, -0.25) is 9.59 Å². The van der Waals surface area contributed by atoms with Gasteiger partial charge >= 0.3 is 0 Å². The zero-order valence-corrected chi connectivity index (χ0v) is 15.1. The molecule has 1 aliphatic rings. The smallest absolute Gasteiger partial charge is 0.222 e. The molecule has 2 amide bonds. The van der Waals surface area contributed by atoms with Crippen molar-refractivity contribution >= 4 is 23.2 Å². The van der Waals surface area contributed by atoms with Gasteiger partial charge in [-0.05, 0) is 18.8 Å². The van der Waals surface area contributed by atoms with E-state index in [9.17, 15) is 9.59 Å². The van der Waals surface area contributed by atoms with Crippen LogP contribution in [0, 0.1) is 5.92 Å². The largest absolute Gasteiger partial charge is 0.350 e. The molecular formula is C17H27N3O2S. The molecular weight excluding hydrogens is 310 g/mol. The number of rotatable bonds is 6. The van der Waals surface area contributed by atoms with Gasteiger partial charge < -0.3 is 10.2 Å². The Morgan fingerprint density at radius 3 is 2.96 bits per heavy atom. The first kappa shape index (κ1) is 17.9. The predicted molar refractivity (Wildman–Crippen MR) is 92.3 cm³/mol. The van der Waals surface area contributed by atoms with Crippen molar-refractivity contribution in [1.29, 1.82) is 0 Å². The zero-order chi connectivity index (χ0) is 16.8. The lowest BCUT2D eigenvalue weighted by Gasteiger charge is -2.32. The first-order valence-electron chi connectivity index (χ1n) is 8.48. The maximum Gasteiger partial charge on any atom is 0.222 e. The summed E-state index contributed by atoms with van der Waals surface area (Å²) in [6.45, 7) is 8.14. The average molecular weight is 337 g/mol. The number of carbonyl (C=O) groups is 2. The molecule has 1 aliphatic heterocycles. The van der Waals surface area contributed by atoms with Gasteiger partial charge in [-0.2, -0.15) is 0 Å². The first-order chi connectivity index (χ1) is 11.0. The molecule has 1 saturated heterocycles. The Hall–Kier alpha value is -1.43. The second-order valence-electron chi connectivity index (χ2n) is 6.58. The summed E-state index contributed by atoms with van der Waals surface area (Å²) in [5.74, 6) is 1.04. The Balaban J connectivity index is 1.92. The highest BCUT2D eigenvalue weighted by Gasteiger charge is 2.26. The maximum atomic E-state index is 12.3. The van der Waals surface area contributed by atoms with Gasteiger partial charge in [-0.25, -0.2) is 4.98 Å². The van der Waals surface area contributed by atoms with Crippen molar-refractivity contribution < 1.29 is 9.59 Å². The molecule has 1 aromatic heterocycles. The normalized spacial score (nSPS) is 18.3. The lowest BCUT2D eigenvalue weighted by molar-refractivity contribution is -0.133. The quantitative estimate of drug-likeness (QED) is 0.868. The molecule has 128 valence electrons. The van der Waals surface area contributed by atoms with E-state index in [0.29, 0.717) is 31.2 Å². The molecule has 1 atom stereocenters. The molecule has 0 spiro atoms. The molecule has 5 nitrogen and oxygen atoms in total. The fourth-order valence-corrected chi connectivity index (χ4v) is 3.74. The van der Waals surface area contributed by atoms with Crippen molar-refractivity contribution in [3.8, 4) is 0 Å². The Labute approximate surface area is 142 Å². The number of nitrogens with zero attached hydrogens (tertiary/aromatic N) is 2. The van der Waals surface area contributed by atoms with E-state index in [4.69, 9.17) is 0 Å². The highest BCUT2D eigenvalue weighted by molar-refractivity contribution is 7.09. The van der Waals surface area contributed by atoms with E-state index in [-0.39, 0.29) is 11.8 Å². The average Bonchev–Trinajstić information content (AvgIpc) is 3.01. The van der Waals surface area contributed by atoms with E-state index in [1.807, 2.05) is 17.2 Å². The fourth-order valence-electron chi connectivity index (χ4n) is 2.79. The molecule has 2 heterocycles. The van der Waals surface area contributed by atoms with Crippen LogP contribution in [-0.2, 0) is 16.1 Å². The van der Waals surface area contributed by atoms with Crippen LogP contribution in [0.2, 0.25) is 0 Å². The Morgan fingerprint density at radius 2 is 2.26 bits per heavy atom. The van der Waals surface area contributed by atoms with E-state index >= 15 is 0 Å². The minimum absolute atomic E-state index is 0.0441. The summed E-state index contributed by atoms with van der Waals surface area (Å²) in [5, 5.41) is 5.96. The van der Waals surface area contributed by atoms with Gasteiger partial charge in [-0.15, -0.1) is 11.3 Å². The number of piperidine rings is 1. The van der Waals surface area contributed by atoms with Gasteiger partial charge in [0.2, 0.25) is 11.8 Å². The van der Waals surface area contributed by atoms with Crippen LogP contribution in [0.4, 0.5) is 0 Å². The van der Waals surface area contributed by atoms with Crippen LogP contribution in [0.15, 0.2) is 5.38 Å². The number of amides is 2. The van der Waals surface area contributed by atoms with E-state index in [0.717, 1.165) is 36.6 Å². The molecule has 0 aromatic carbocycles. The molecule has 23 heavy (non-hydrogen) atoms. The summed E-state index contributed by atoms with van der Waals surface area (Å²) in [6.07, 6.45) is 3.24. The minimum atomic E-state index is 0.0441. The van der Waals surface area contributed by atoms with Gasteiger partial charge in [0, 0.05) is 37.2 Å². The number of carbonyl (C=O) groups excluding carboxylic acids is 2. The van der Waals surface area contributed by atoms with Crippen LogP contribution >= 0.6 is 11.3 Å². The second-order valence-corrected chi connectivity index (χ2v) is 7.47. The summed E-state index contributed by atoms with van der Waals surface area (Å²) < 4.78 is 0. The number of likely N-dealkylation sites (tertiary alicyclic amines) is 1. The van der Waals surface area contributed by atoms with Crippen LogP contribution in [0.3, 0.4) is 0 Å². The summed E-state index contributed by atoms with van der Waals surface area (Å²) in [4.78, 5) is 30.2. The van der Waals surface area contributed by atoms with E-state index in [1.54, 1.807) is 11.3 Å². The third kappa shape index (κ3) is 5.30. The number of aromatic nitrogens is 1. The lowest BCUT2D eigenvalue weighted by atomic mass is 9.97. The molecule has 0 saturated carbocycles. The second kappa shape index (κ2) is 8.43. The Morgan fingerprint density at radius 1 is 1.48 bits per heavy atom. The summed E-state index contributed by atoms with van der Waals surface area (Å²) >= 11 is 1.64. The van der Waals surface area contributed by atoms with Crippen molar-refractivity contribution in [3.05, 3.63) is 16.1 Å². The maximum absolute atomic E-state index is 12.3. The molecule has 2 rings (SSSR count). The van der Waals surface area contributed by atoms with Crippen LogP contribution in [0.5, 0.6) is 0 Å². The first-order valence-corrected chi connectivity index (χ1v) is 9.36. The Bertz CT molecular complexity index is 542. The molecule has 6 heteroatoms. The summed E-state index contributed by atoms with van der Waals surface area (Å²) in [5.41, 5.74) is 0.914. The van der Waals surface area contributed by atoms with Gasteiger partial charge in [0.25, 0.3) is 0 Å². The topological polar surface area (TPSA) is 62.3 Å². The number of thiazole rings is 1. The third-order valence-electron chi connectivity index (χ3n) is 4.06. The molecule has 1 N–H and O–H groups in total. The van der Waals surface area contributed by atoms with Crippen molar-refractivity contribution in [2.75, 3.05) is 13.1 Å². The molecule has 0 aliphatic carbocycles. The highest BCUT2D eigenvalue weighted by Crippen LogP contribution is 2.29. The molecule has 1 unspecified atom stereocenters. The van der Waals surface area contributed by atoms with E-state index in [1.165, 1.54) is 0 Å². The highest BCUT2D eigenvalue weighted by atomic mass is 32.1. The summed E-state index contributed by atoms with van der Waals surface area (Å²) in [7, 11) is 0. The number of nitrogens with one attached hydrogen (secondary N) is 1.